The monoisotopic (exact) mass is 498 g/mol. The van der Waals surface area contributed by atoms with Crippen LogP contribution in [0, 0.1) is 11.6 Å². The van der Waals surface area contributed by atoms with Gasteiger partial charge in [0, 0.05) is 6.42 Å². The molecule has 10 heteroatoms. The molecule has 1 heterocycles. The lowest BCUT2D eigenvalue weighted by atomic mass is 9.95. The van der Waals surface area contributed by atoms with E-state index in [1.807, 2.05) is 0 Å². The second kappa shape index (κ2) is 9.31. The number of benzene rings is 3. The van der Waals surface area contributed by atoms with Crippen molar-refractivity contribution in [2.45, 2.75) is 37.3 Å². The molecule has 1 aliphatic heterocycles. The Labute approximate surface area is 195 Å². The van der Waals surface area contributed by atoms with Crippen LogP contribution < -0.4 is 5.32 Å². The maximum absolute atomic E-state index is 13.8. The number of rotatable bonds is 5. The predicted molar refractivity (Wildman–Crippen MR) is 114 cm³/mol. The fourth-order valence-electron chi connectivity index (χ4n) is 4.02. The first-order chi connectivity index (χ1) is 16.4. The summed E-state index contributed by atoms with van der Waals surface area (Å²) in [5, 5.41) is 3.08. The van der Waals surface area contributed by atoms with E-state index < -0.39 is 47.2 Å². The Morgan fingerprint density at radius 3 is 1.77 bits per heavy atom. The molecule has 0 amide bonds. The molecule has 1 N–H and O–H groups in total. The Balaban J connectivity index is 1.62. The molecule has 0 aliphatic carbocycles. The number of halogens is 8. The summed E-state index contributed by atoms with van der Waals surface area (Å²) in [6.07, 6.45) is -10.0. The van der Waals surface area contributed by atoms with E-state index in [9.17, 15) is 35.1 Å². The molecule has 184 valence electrons. The van der Waals surface area contributed by atoms with Crippen LogP contribution in [0.3, 0.4) is 0 Å². The fourth-order valence-corrected chi connectivity index (χ4v) is 4.02. The standard InChI is InChI=1S/C25H18F8N2/c26-19-5-1-3-15(11-19)22-23(16-4-2-6-20(27)12-16)35-21(34-22)8-7-14-9-17(24(28,29)30)13-18(10-14)25(31,32)33/h1-6,9-13,22-23H,7-8H2,(H,34,35). The quantitative estimate of drug-likeness (QED) is 0.364. The summed E-state index contributed by atoms with van der Waals surface area (Å²) in [6, 6.07) is 11.5. The summed E-state index contributed by atoms with van der Waals surface area (Å²) < 4.78 is 107. The van der Waals surface area contributed by atoms with Gasteiger partial charge in [-0.2, -0.15) is 26.3 Å². The molecule has 1 aliphatic rings. The Kier molecular flexibility index (Phi) is 6.57. The molecule has 0 fully saturated rings. The number of aryl methyl sites for hydroxylation is 1. The third-order valence-electron chi connectivity index (χ3n) is 5.63. The number of nitrogens with zero attached hydrogens (tertiary/aromatic N) is 1. The van der Waals surface area contributed by atoms with Crippen LogP contribution in [0.25, 0.3) is 0 Å². The molecule has 0 saturated heterocycles. The van der Waals surface area contributed by atoms with E-state index in [1.54, 1.807) is 12.1 Å². The van der Waals surface area contributed by atoms with Crippen molar-refractivity contribution in [3.8, 4) is 0 Å². The van der Waals surface area contributed by atoms with Crippen molar-refractivity contribution in [1.29, 1.82) is 0 Å². The van der Waals surface area contributed by atoms with Gasteiger partial charge in [0.25, 0.3) is 0 Å². The number of amidine groups is 1. The maximum Gasteiger partial charge on any atom is 0.416 e. The van der Waals surface area contributed by atoms with Gasteiger partial charge in [-0.25, -0.2) is 8.78 Å². The fraction of sp³-hybridized carbons (Fsp3) is 0.240. The minimum atomic E-state index is -4.94. The SMILES string of the molecule is Fc1cccc(C2N=C(CCc3cc(C(F)(F)F)cc(C(F)(F)F)c3)NC2c2cccc(F)c2)c1. The molecular formula is C25H18F8N2. The topological polar surface area (TPSA) is 24.4 Å². The van der Waals surface area contributed by atoms with Crippen molar-refractivity contribution in [3.05, 3.63) is 106 Å². The molecule has 3 aromatic rings. The summed E-state index contributed by atoms with van der Waals surface area (Å²) >= 11 is 0. The number of hydrogen-bond donors (Lipinski definition) is 1. The lowest BCUT2D eigenvalue weighted by Crippen LogP contribution is -2.25. The predicted octanol–water partition coefficient (Wildman–Crippen LogP) is 7.42. The van der Waals surface area contributed by atoms with Gasteiger partial charge in [-0.05, 0) is 65.6 Å². The van der Waals surface area contributed by atoms with Gasteiger partial charge in [0.2, 0.25) is 0 Å². The average Bonchev–Trinajstić information content (AvgIpc) is 3.21. The third-order valence-corrected chi connectivity index (χ3v) is 5.63. The Bertz CT molecular complexity index is 1210. The van der Waals surface area contributed by atoms with Crippen molar-refractivity contribution < 1.29 is 35.1 Å². The normalized spacial score (nSPS) is 18.3. The van der Waals surface area contributed by atoms with Gasteiger partial charge in [0.1, 0.15) is 17.7 Å². The largest absolute Gasteiger partial charge is 0.416 e. The van der Waals surface area contributed by atoms with E-state index in [-0.39, 0.29) is 24.5 Å². The number of nitrogens with one attached hydrogen (secondary N) is 1. The van der Waals surface area contributed by atoms with Crippen molar-refractivity contribution in [2.75, 3.05) is 0 Å². The maximum atomic E-state index is 13.8. The molecule has 3 aromatic carbocycles. The average molecular weight is 498 g/mol. The second-order valence-electron chi connectivity index (χ2n) is 8.17. The van der Waals surface area contributed by atoms with Crippen LogP contribution in [0.5, 0.6) is 0 Å². The van der Waals surface area contributed by atoms with Gasteiger partial charge in [0.15, 0.2) is 0 Å². The molecular weight excluding hydrogens is 480 g/mol. The molecule has 0 aromatic heterocycles. The van der Waals surface area contributed by atoms with Crippen LogP contribution in [-0.4, -0.2) is 5.84 Å². The summed E-state index contributed by atoms with van der Waals surface area (Å²) in [4.78, 5) is 4.52. The van der Waals surface area contributed by atoms with Crippen LogP contribution >= 0.6 is 0 Å². The summed E-state index contributed by atoms with van der Waals surface area (Å²) in [5.74, 6) is -0.702. The molecule has 2 nitrogen and oxygen atoms in total. The highest BCUT2D eigenvalue weighted by atomic mass is 19.4. The minimum Gasteiger partial charge on any atom is -0.364 e. The number of hydrogen-bond acceptors (Lipinski definition) is 2. The first kappa shape index (κ1) is 24.7. The highest BCUT2D eigenvalue weighted by Gasteiger charge is 2.37. The Hall–Kier alpha value is -3.43. The van der Waals surface area contributed by atoms with Gasteiger partial charge < -0.3 is 5.32 Å². The first-order valence-electron chi connectivity index (χ1n) is 10.5. The Morgan fingerprint density at radius 2 is 1.23 bits per heavy atom. The van der Waals surface area contributed by atoms with Crippen LogP contribution in [0.1, 0.15) is 46.3 Å². The summed E-state index contributed by atoms with van der Waals surface area (Å²) in [7, 11) is 0. The first-order valence-corrected chi connectivity index (χ1v) is 10.5. The summed E-state index contributed by atoms with van der Waals surface area (Å²) in [5.41, 5.74) is -1.94. The smallest absolute Gasteiger partial charge is 0.364 e. The van der Waals surface area contributed by atoms with E-state index in [1.165, 1.54) is 36.4 Å². The minimum absolute atomic E-state index is 0.00373. The molecule has 35 heavy (non-hydrogen) atoms. The van der Waals surface area contributed by atoms with E-state index in [0.29, 0.717) is 29.1 Å². The van der Waals surface area contributed by atoms with Crippen LogP contribution in [-0.2, 0) is 18.8 Å². The molecule has 0 saturated carbocycles. The highest BCUT2D eigenvalue weighted by Crippen LogP contribution is 2.38. The van der Waals surface area contributed by atoms with Crippen LogP contribution in [0.2, 0.25) is 0 Å². The lowest BCUT2D eigenvalue weighted by Gasteiger charge is -2.20. The molecule has 4 rings (SSSR count). The second-order valence-corrected chi connectivity index (χ2v) is 8.17. The number of aliphatic imine (C=N–C) groups is 1. The van der Waals surface area contributed by atoms with Gasteiger partial charge >= 0.3 is 12.4 Å². The molecule has 0 spiro atoms. The van der Waals surface area contributed by atoms with Gasteiger partial charge in [-0.15, -0.1) is 0 Å². The van der Waals surface area contributed by atoms with Gasteiger partial charge in [-0.1, -0.05) is 24.3 Å². The zero-order valence-corrected chi connectivity index (χ0v) is 17.9. The van der Waals surface area contributed by atoms with Crippen molar-refractivity contribution in [3.63, 3.8) is 0 Å². The lowest BCUT2D eigenvalue weighted by molar-refractivity contribution is -0.143. The van der Waals surface area contributed by atoms with Gasteiger partial charge in [0.05, 0.1) is 23.0 Å². The zero-order valence-electron chi connectivity index (χ0n) is 17.9. The van der Waals surface area contributed by atoms with E-state index in [2.05, 4.69) is 10.3 Å². The van der Waals surface area contributed by atoms with E-state index in [0.717, 1.165) is 0 Å². The number of alkyl halides is 6. The van der Waals surface area contributed by atoms with Crippen molar-refractivity contribution in [2.24, 2.45) is 4.99 Å². The zero-order chi connectivity index (χ0) is 25.4. The van der Waals surface area contributed by atoms with E-state index >= 15 is 0 Å². The molecule has 0 bridgehead atoms. The van der Waals surface area contributed by atoms with E-state index in [4.69, 9.17) is 0 Å². The van der Waals surface area contributed by atoms with Crippen molar-refractivity contribution >= 4 is 5.84 Å². The highest BCUT2D eigenvalue weighted by molar-refractivity contribution is 5.85. The van der Waals surface area contributed by atoms with Crippen molar-refractivity contribution in [1.82, 2.24) is 5.32 Å². The van der Waals surface area contributed by atoms with Crippen LogP contribution in [0.15, 0.2) is 71.7 Å². The molecule has 2 atom stereocenters. The summed E-state index contributed by atoms with van der Waals surface area (Å²) in [6.45, 7) is 0. The third kappa shape index (κ3) is 5.80. The Morgan fingerprint density at radius 1 is 0.686 bits per heavy atom. The van der Waals surface area contributed by atoms with Gasteiger partial charge in [-0.3, -0.25) is 4.99 Å². The van der Waals surface area contributed by atoms with Crippen LogP contribution in [0.4, 0.5) is 35.1 Å². The molecule has 0 radical (unpaired) electrons. The molecule has 2 unspecified atom stereocenters.